The number of carbonyl (C=O) groups is 4. The minimum Gasteiger partial charge on any atom is -0.391 e. The van der Waals surface area contributed by atoms with Crippen LogP contribution in [0.1, 0.15) is 117 Å². The standard InChI is InChI=1S/C21H23N9.C12H12N2OS.C11H21NO2.C10H19NO2.C2H6/c1-28-8-10-29(11-9-28)16-4-2-15(3-5-16)25-20-21-24-6-7-30(21)14-18(27-20)17-12-23-13-19(22)26-17;1-9-12(16-8-14-9)11-4-2-10(3-5-11)6-13-7-15;12-11(14)9-7-5-3-1-2-4-6-8-10-13;1-10(2,3)6-9(13)11-5-4-8(12)7-11;1-2/h2-7,12-14H,8-11H2,1H3,(H2,22,26)(H,25,27);2-5,7-8H,6H2,1H3,(H,13,15);10H,1-9H2,(H2,12,14);8,12H,4-7H2,1-3H3;1-2H3. The van der Waals surface area contributed by atoms with Gasteiger partial charge in [-0.15, -0.1) is 11.3 Å². The molecule has 2 aromatic carbocycles. The normalized spacial score (nSPS) is 14.2. The number of nitrogens with one attached hydrogen (secondary N) is 2. The molecule has 0 bridgehead atoms. The van der Waals surface area contributed by atoms with E-state index < -0.39 is 0 Å². The van der Waals surface area contributed by atoms with Crippen LogP contribution in [-0.4, -0.2) is 121 Å². The van der Waals surface area contributed by atoms with Gasteiger partial charge in [-0.25, -0.2) is 19.9 Å². The van der Waals surface area contributed by atoms with Crippen molar-refractivity contribution in [1.82, 2.24) is 44.4 Å². The van der Waals surface area contributed by atoms with Crippen molar-refractivity contribution in [2.45, 2.75) is 125 Å². The van der Waals surface area contributed by atoms with Gasteiger partial charge < -0.3 is 51.1 Å². The van der Waals surface area contributed by atoms with Crippen molar-refractivity contribution in [1.29, 1.82) is 0 Å². The lowest BCUT2D eigenvalue weighted by Crippen LogP contribution is -2.44. The highest BCUT2D eigenvalue weighted by molar-refractivity contribution is 7.13. The summed E-state index contributed by atoms with van der Waals surface area (Å²) in [5.74, 6) is 0.975. The van der Waals surface area contributed by atoms with Gasteiger partial charge in [-0.2, -0.15) is 0 Å². The lowest BCUT2D eigenvalue weighted by atomic mass is 9.92. The summed E-state index contributed by atoms with van der Waals surface area (Å²) in [4.78, 5) is 71.7. The van der Waals surface area contributed by atoms with Crippen molar-refractivity contribution in [3.8, 4) is 21.8 Å². The molecule has 4 aromatic heterocycles. The van der Waals surface area contributed by atoms with Gasteiger partial charge in [-0.1, -0.05) is 91.0 Å². The molecule has 2 aliphatic heterocycles. The molecule has 8 rings (SSSR count). The van der Waals surface area contributed by atoms with Crippen molar-refractivity contribution in [3.05, 3.63) is 96.3 Å². The quantitative estimate of drug-likeness (QED) is 0.0376. The molecule has 1 atom stereocenters. The molecule has 6 heterocycles. The smallest absolute Gasteiger partial charge is 0.223 e. The minimum absolute atomic E-state index is 0.0463. The zero-order valence-electron chi connectivity index (χ0n) is 45.2. The van der Waals surface area contributed by atoms with E-state index in [9.17, 15) is 24.3 Å². The molecule has 2 saturated heterocycles. The summed E-state index contributed by atoms with van der Waals surface area (Å²) in [6, 6.07) is 16.6. The van der Waals surface area contributed by atoms with Gasteiger partial charge in [0.05, 0.1) is 34.6 Å². The van der Waals surface area contributed by atoms with Crippen LogP contribution in [0.4, 0.5) is 23.0 Å². The lowest BCUT2D eigenvalue weighted by Gasteiger charge is -2.34. The molecule has 0 aliphatic carbocycles. The number of aromatic nitrogens is 6. The maximum Gasteiger partial charge on any atom is 0.223 e. The van der Waals surface area contributed by atoms with Crippen molar-refractivity contribution in [3.63, 3.8) is 0 Å². The average molecular weight is 1050 g/mol. The van der Waals surface area contributed by atoms with Gasteiger partial charge in [0.2, 0.25) is 18.2 Å². The largest absolute Gasteiger partial charge is 0.391 e. The number of carbonyl (C=O) groups excluding carboxylic acids is 4. The lowest BCUT2D eigenvalue weighted by molar-refractivity contribution is -0.132. The Balaban J connectivity index is 0.000000231. The molecule has 6 aromatic rings. The zero-order chi connectivity index (χ0) is 54.6. The topological polar surface area (TPSA) is 243 Å². The first-order valence-corrected chi connectivity index (χ1v) is 27.1. The van der Waals surface area contributed by atoms with Crippen LogP contribution in [0.2, 0.25) is 0 Å². The summed E-state index contributed by atoms with van der Waals surface area (Å²) in [5, 5.41) is 15.3. The number of amides is 3. The van der Waals surface area contributed by atoms with E-state index in [0.29, 0.717) is 61.8 Å². The first kappa shape index (κ1) is 60.7. The molecule has 0 spiro atoms. The number of aliphatic hydroxyl groups is 1. The summed E-state index contributed by atoms with van der Waals surface area (Å²) in [6.45, 7) is 18.2. The van der Waals surface area contributed by atoms with Gasteiger partial charge in [0.15, 0.2) is 11.5 Å². The third kappa shape index (κ3) is 21.9. The van der Waals surface area contributed by atoms with Gasteiger partial charge in [0, 0.05) is 95.0 Å². The summed E-state index contributed by atoms with van der Waals surface area (Å²) in [7, 11) is 2.16. The van der Waals surface area contributed by atoms with Crippen LogP contribution in [0.3, 0.4) is 0 Å². The van der Waals surface area contributed by atoms with Crippen molar-refractivity contribution < 1.29 is 24.3 Å². The number of nitrogens with zero attached hydrogens (tertiary/aromatic N) is 9. The first-order valence-electron chi connectivity index (χ1n) is 26.2. The molecule has 18 nitrogen and oxygen atoms in total. The van der Waals surface area contributed by atoms with Crippen LogP contribution in [0.25, 0.3) is 27.5 Å². The maximum atomic E-state index is 11.6. The second-order valence-corrected chi connectivity index (χ2v) is 20.4. The zero-order valence-corrected chi connectivity index (χ0v) is 46.0. The van der Waals surface area contributed by atoms with E-state index in [0.717, 1.165) is 93.7 Å². The molecule has 19 heteroatoms. The number of hydrogen-bond donors (Lipinski definition) is 5. The number of β-amino-alcohol motifs (C(OH)–C–C–N with tert-alkyl or cyclic N) is 1. The molecule has 3 amide bonds. The van der Waals surface area contributed by atoms with Gasteiger partial charge in [-0.3, -0.25) is 19.4 Å². The number of nitrogen functional groups attached to an aromatic ring is 1. The van der Waals surface area contributed by atoms with Crippen LogP contribution in [0, 0.1) is 12.3 Å². The molecule has 0 saturated carbocycles. The summed E-state index contributed by atoms with van der Waals surface area (Å²) in [6.07, 6.45) is 20.3. The highest BCUT2D eigenvalue weighted by atomic mass is 32.1. The number of likely N-dealkylation sites (N-methyl/N-ethyl adjacent to an activating group) is 1. The number of likely N-dealkylation sites (tertiary alicyclic amines) is 1. The Hall–Kier alpha value is -6.83. The molecule has 0 radical (unpaired) electrons. The Kier molecular flexibility index (Phi) is 26.3. The number of thiazole rings is 1. The maximum absolute atomic E-state index is 11.6. The van der Waals surface area contributed by atoms with Gasteiger partial charge >= 0.3 is 0 Å². The number of fused-ring (bicyclic) bond motifs is 1. The number of imidazole rings is 1. The molecule has 2 aliphatic rings. The molecule has 7 N–H and O–H groups in total. The Labute approximate surface area is 447 Å². The molecule has 75 heavy (non-hydrogen) atoms. The number of benzene rings is 2. The van der Waals surface area contributed by atoms with E-state index in [1.807, 2.05) is 55.2 Å². The highest BCUT2D eigenvalue weighted by Gasteiger charge is 2.27. The summed E-state index contributed by atoms with van der Waals surface area (Å²) in [5.41, 5.74) is 20.2. The Bertz CT molecular complexity index is 2610. The molecular weight excluding hydrogens is 967 g/mol. The Morgan fingerprint density at radius 2 is 1.55 bits per heavy atom. The number of aryl methyl sites for hydroxylation is 1. The number of piperazine rings is 1. The Morgan fingerprint density at radius 1 is 0.867 bits per heavy atom. The van der Waals surface area contributed by atoms with Crippen LogP contribution in [-0.2, 0) is 25.7 Å². The van der Waals surface area contributed by atoms with E-state index in [1.54, 1.807) is 28.6 Å². The van der Waals surface area contributed by atoms with Gasteiger partial charge in [0.25, 0.3) is 0 Å². The first-order chi connectivity index (χ1) is 36.1. The van der Waals surface area contributed by atoms with Crippen LogP contribution in [0.15, 0.2) is 85.0 Å². The van der Waals surface area contributed by atoms with E-state index in [4.69, 9.17) is 16.5 Å². The molecule has 2 fully saturated rings. The van der Waals surface area contributed by atoms with Crippen LogP contribution in [0.5, 0.6) is 0 Å². The van der Waals surface area contributed by atoms with Gasteiger partial charge in [-0.05, 0) is 74.0 Å². The van der Waals surface area contributed by atoms with Crippen molar-refractivity contribution >= 4 is 64.5 Å². The number of unbranched alkanes of at least 4 members (excludes halogenated alkanes) is 7. The fraction of sp³-hybridized carbons (Fsp3) is 0.482. The third-order valence-electron chi connectivity index (χ3n) is 12.1. The Morgan fingerprint density at radius 3 is 2.13 bits per heavy atom. The van der Waals surface area contributed by atoms with E-state index >= 15 is 0 Å². The van der Waals surface area contributed by atoms with Crippen molar-refractivity contribution in [2.24, 2.45) is 11.1 Å². The SMILES string of the molecule is CC.CC(C)(C)CC(=O)N1CCC(O)C1.CN1CCN(c2ccc(Nc3nc(-c4cncc(N)n4)cn4ccnc34)cc2)CC1.Cc1ncsc1-c1ccc(CNC=O)cc1.NC(=O)CCCCCCCCCC=O. The number of rotatable bonds is 19. The van der Waals surface area contributed by atoms with Gasteiger partial charge in [0.1, 0.15) is 23.5 Å². The average Bonchev–Trinajstić information content (AvgIpc) is 4.18. The predicted molar refractivity (Wildman–Crippen MR) is 302 cm³/mol. The number of aliphatic hydroxyl groups excluding tert-OH is 1. The second-order valence-electron chi connectivity index (χ2n) is 19.6. The van der Waals surface area contributed by atoms with E-state index in [1.165, 1.54) is 41.6 Å². The van der Waals surface area contributed by atoms with E-state index in [2.05, 4.69) is 105 Å². The monoisotopic (exact) mass is 1050 g/mol. The molecule has 406 valence electrons. The number of anilines is 4. The molecule has 1 unspecified atom stereocenters. The number of hydrogen-bond acceptors (Lipinski definition) is 15. The second kappa shape index (κ2) is 32.5. The highest BCUT2D eigenvalue weighted by Crippen LogP contribution is 2.28. The van der Waals surface area contributed by atoms with Crippen molar-refractivity contribution in [2.75, 3.05) is 62.3 Å². The number of nitrogens with two attached hydrogens (primary N) is 2. The number of aldehydes is 1. The minimum atomic E-state index is -0.302. The fourth-order valence-corrected chi connectivity index (χ4v) is 8.87. The summed E-state index contributed by atoms with van der Waals surface area (Å²) >= 11 is 1.64. The third-order valence-corrected chi connectivity index (χ3v) is 13.1. The van der Waals surface area contributed by atoms with E-state index in [-0.39, 0.29) is 23.3 Å². The fourth-order valence-electron chi connectivity index (χ4n) is 8.06. The van der Waals surface area contributed by atoms with Crippen LogP contribution >= 0.6 is 11.3 Å². The predicted octanol–water partition coefficient (Wildman–Crippen LogP) is 8.85. The number of primary amides is 1. The summed E-state index contributed by atoms with van der Waals surface area (Å²) < 4.78 is 1.91. The van der Waals surface area contributed by atoms with Crippen LogP contribution < -0.4 is 27.0 Å². The molecular formula is C56H81N13O5S.